The van der Waals surface area contributed by atoms with E-state index in [1.807, 2.05) is 4.90 Å². The van der Waals surface area contributed by atoms with Crippen LogP contribution in [0.5, 0.6) is 0 Å². The van der Waals surface area contributed by atoms with Crippen LogP contribution in [0.3, 0.4) is 0 Å². The van der Waals surface area contributed by atoms with Gasteiger partial charge in [0, 0.05) is 39.1 Å². The van der Waals surface area contributed by atoms with E-state index in [9.17, 15) is 23.2 Å². The molecule has 0 aromatic heterocycles. The lowest BCUT2D eigenvalue weighted by Crippen LogP contribution is -2.54. The van der Waals surface area contributed by atoms with E-state index in [0.29, 0.717) is 49.6 Å². The van der Waals surface area contributed by atoms with Crippen molar-refractivity contribution < 1.29 is 27.9 Å². The van der Waals surface area contributed by atoms with E-state index in [4.69, 9.17) is 4.74 Å². The van der Waals surface area contributed by atoms with Crippen molar-refractivity contribution in [3.05, 3.63) is 29.6 Å². The second-order valence-electron chi connectivity index (χ2n) is 11.5. The molecule has 8 nitrogen and oxygen atoms in total. The highest BCUT2D eigenvalue weighted by Gasteiger charge is 2.33. The molecule has 204 valence electrons. The van der Waals surface area contributed by atoms with Crippen LogP contribution in [0.1, 0.15) is 64.4 Å². The predicted molar refractivity (Wildman–Crippen MR) is 136 cm³/mol. The zero-order valence-corrected chi connectivity index (χ0v) is 21.9. The van der Waals surface area contributed by atoms with Gasteiger partial charge < -0.3 is 19.9 Å². The molecule has 3 aliphatic heterocycles. The van der Waals surface area contributed by atoms with Gasteiger partial charge in [-0.05, 0) is 70.1 Å². The lowest BCUT2D eigenvalue weighted by Gasteiger charge is -2.39. The maximum Gasteiger partial charge on any atom is 0.407 e. The molecule has 1 aromatic carbocycles. The zero-order valence-electron chi connectivity index (χ0n) is 21.9. The summed E-state index contributed by atoms with van der Waals surface area (Å²) in [6, 6.07) is 4.38. The predicted octanol–water partition coefficient (Wildman–Crippen LogP) is 3.50. The summed E-state index contributed by atoms with van der Waals surface area (Å²) < 4.78 is 35.0. The van der Waals surface area contributed by atoms with E-state index in [0.717, 1.165) is 19.4 Å². The number of carbonyl (C=O) groups excluding carboxylic acids is 3. The molecule has 1 aromatic rings. The number of hydrogen-bond acceptors (Lipinski definition) is 6. The molecule has 0 aliphatic carbocycles. The molecule has 1 unspecified atom stereocenters. The molecular weight excluding hydrogens is 482 g/mol. The number of ether oxygens (including phenoxy) is 1. The first kappa shape index (κ1) is 27.3. The Kier molecular flexibility index (Phi) is 8.36. The number of likely N-dealkylation sites (tertiary alicyclic amines) is 1. The van der Waals surface area contributed by atoms with Crippen molar-refractivity contribution in [1.82, 2.24) is 15.5 Å². The molecule has 3 heterocycles. The van der Waals surface area contributed by atoms with E-state index < -0.39 is 29.8 Å². The van der Waals surface area contributed by atoms with Crippen LogP contribution in [-0.2, 0) is 14.3 Å². The summed E-state index contributed by atoms with van der Waals surface area (Å²) in [5.74, 6) is -1.13. The number of carbonyl (C=O) groups is 3. The van der Waals surface area contributed by atoms with E-state index >= 15 is 0 Å². The van der Waals surface area contributed by atoms with Crippen LogP contribution in [-0.4, -0.2) is 73.3 Å². The number of alkyl halides is 1. The van der Waals surface area contributed by atoms with Crippen LogP contribution < -0.4 is 15.5 Å². The van der Waals surface area contributed by atoms with E-state index in [1.165, 1.54) is 6.07 Å². The minimum absolute atomic E-state index is 0.258. The average molecular weight is 521 g/mol. The lowest BCUT2D eigenvalue weighted by atomic mass is 9.90. The van der Waals surface area contributed by atoms with Gasteiger partial charge in [0.2, 0.25) is 11.8 Å². The molecule has 3 fully saturated rings. The van der Waals surface area contributed by atoms with Gasteiger partial charge in [0.15, 0.2) is 0 Å². The number of halogens is 2. The molecule has 3 amide bonds. The molecular formula is C27H38F2N4O4. The van der Waals surface area contributed by atoms with Gasteiger partial charge in [-0.2, -0.15) is 0 Å². The fraction of sp³-hybridized carbons (Fsp3) is 0.667. The van der Waals surface area contributed by atoms with Crippen LogP contribution in [0.4, 0.5) is 19.3 Å². The highest BCUT2D eigenvalue weighted by atomic mass is 19.1. The Balaban J connectivity index is 1.24. The topological polar surface area (TPSA) is 91.0 Å². The molecule has 0 bridgehead atoms. The minimum Gasteiger partial charge on any atom is -0.444 e. The number of alkyl carbamates (subject to hydrolysis) is 1. The Hall–Kier alpha value is -2.75. The second kappa shape index (κ2) is 11.3. The molecule has 0 spiro atoms. The highest BCUT2D eigenvalue weighted by molar-refractivity contribution is 6.00. The summed E-state index contributed by atoms with van der Waals surface area (Å²) in [6.45, 7) is 8.50. The Morgan fingerprint density at radius 3 is 2.49 bits per heavy atom. The number of imide groups is 1. The maximum atomic E-state index is 15.0. The van der Waals surface area contributed by atoms with Crippen molar-refractivity contribution in [2.24, 2.45) is 5.92 Å². The van der Waals surface area contributed by atoms with Crippen molar-refractivity contribution >= 4 is 23.6 Å². The first-order chi connectivity index (χ1) is 17.5. The van der Waals surface area contributed by atoms with Gasteiger partial charge >= 0.3 is 6.09 Å². The van der Waals surface area contributed by atoms with Crippen LogP contribution >= 0.6 is 0 Å². The number of rotatable bonds is 5. The number of amides is 3. The Morgan fingerprint density at radius 1 is 1.14 bits per heavy atom. The normalized spacial score (nSPS) is 26.1. The number of hydrogen-bond donors (Lipinski definition) is 2. The number of piperidine rings is 3. The van der Waals surface area contributed by atoms with Gasteiger partial charge in [0.25, 0.3) is 0 Å². The van der Waals surface area contributed by atoms with Crippen molar-refractivity contribution in [3.63, 3.8) is 0 Å². The summed E-state index contributed by atoms with van der Waals surface area (Å²) in [5, 5.41) is 4.99. The Bertz CT molecular complexity index is 1010. The average Bonchev–Trinajstić information content (AvgIpc) is 2.80. The minimum atomic E-state index is -1.15. The number of anilines is 1. The third-order valence-corrected chi connectivity index (χ3v) is 7.41. The zero-order chi connectivity index (χ0) is 26.7. The Labute approximate surface area is 217 Å². The van der Waals surface area contributed by atoms with Crippen LogP contribution in [0.15, 0.2) is 18.2 Å². The fourth-order valence-electron chi connectivity index (χ4n) is 5.48. The molecule has 2 N–H and O–H groups in total. The molecule has 3 saturated heterocycles. The third-order valence-electron chi connectivity index (χ3n) is 7.41. The van der Waals surface area contributed by atoms with Crippen molar-refractivity contribution in [2.75, 3.05) is 37.6 Å². The summed E-state index contributed by atoms with van der Waals surface area (Å²) in [6.07, 6.45) is 1.20. The number of nitrogens with one attached hydrogen (secondary N) is 2. The highest BCUT2D eigenvalue weighted by Crippen LogP contribution is 2.31. The van der Waals surface area contributed by atoms with Gasteiger partial charge in [0.1, 0.15) is 17.6 Å². The molecule has 4 rings (SSSR count). The van der Waals surface area contributed by atoms with E-state index in [-0.39, 0.29) is 30.6 Å². The molecule has 3 atom stereocenters. The fourth-order valence-corrected chi connectivity index (χ4v) is 5.48. The molecule has 3 aliphatic rings. The van der Waals surface area contributed by atoms with E-state index in [2.05, 4.69) is 15.5 Å². The molecule has 0 saturated carbocycles. The third kappa shape index (κ3) is 7.18. The van der Waals surface area contributed by atoms with Crippen molar-refractivity contribution in [3.8, 4) is 0 Å². The first-order valence-electron chi connectivity index (χ1n) is 13.2. The van der Waals surface area contributed by atoms with Gasteiger partial charge in [-0.1, -0.05) is 6.07 Å². The smallest absolute Gasteiger partial charge is 0.407 e. The summed E-state index contributed by atoms with van der Waals surface area (Å²) in [4.78, 5) is 39.6. The second-order valence-corrected chi connectivity index (χ2v) is 11.5. The van der Waals surface area contributed by atoms with Gasteiger partial charge in [0.05, 0.1) is 17.6 Å². The monoisotopic (exact) mass is 520 g/mol. The van der Waals surface area contributed by atoms with Crippen molar-refractivity contribution in [1.29, 1.82) is 0 Å². The largest absolute Gasteiger partial charge is 0.444 e. The van der Waals surface area contributed by atoms with Gasteiger partial charge in [-0.25, -0.2) is 13.6 Å². The standard InChI is InChI=1S/C27H38F2N4O4/c1-27(2,3)37-26(36)30-22-10-11-32(16-21(22)29)15-17-8-12-33(13-9-17)23-6-4-18(14-20(23)28)19-5-7-24(34)31-25(19)35/h4,6,14,17,19,21-22H,5,7-13,15-16H2,1-3H3,(H,30,36)(H,31,34,35)/t19?,21-,22+/m0/s1. The molecule has 10 heteroatoms. The van der Waals surface area contributed by atoms with E-state index in [1.54, 1.807) is 32.9 Å². The Morgan fingerprint density at radius 2 is 1.86 bits per heavy atom. The maximum absolute atomic E-state index is 15.0. The molecule has 0 radical (unpaired) electrons. The van der Waals surface area contributed by atoms with Gasteiger partial charge in [-0.15, -0.1) is 0 Å². The summed E-state index contributed by atoms with van der Waals surface area (Å²) in [7, 11) is 0. The summed E-state index contributed by atoms with van der Waals surface area (Å²) in [5.41, 5.74) is 0.489. The number of nitrogens with zero attached hydrogens (tertiary/aromatic N) is 2. The SMILES string of the molecule is CC(C)(C)OC(=O)N[C@@H]1CCN(CC2CCN(c3ccc(C4CCC(=O)NC4=O)cc3F)CC2)C[C@@H]1F. The van der Waals surface area contributed by atoms with Crippen LogP contribution in [0.25, 0.3) is 0 Å². The molecule has 37 heavy (non-hydrogen) atoms. The summed E-state index contributed by atoms with van der Waals surface area (Å²) >= 11 is 0. The van der Waals surface area contributed by atoms with Crippen LogP contribution in [0.2, 0.25) is 0 Å². The van der Waals surface area contributed by atoms with Gasteiger partial charge in [-0.3, -0.25) is 14.9 Å². The number of benzene rings is 1. The quantitative estimate of drug-likeness (QED) is 0.578. The lowest BCUT2D eigenvalue weighted by molar-refractivity contribution is -0.134. The van der Waals surface area contributed by atoms with Crippen molar-refractivity contribution in [2.45, 2.75) is 76.6 Å². The first-order valence-corrected chi connectivity index (χ1v) is 13.2. The van der Waals surface area contributed by atoms with Crippen LogP contribution in [0, 0.1) is 11.7 Å².